The fraction of sp³-hybridized carbons (Fsp3) is 0.500. The molecule has 1 aromatic rings. The van der Waals surface area contributed by atoms with Crippen LogP contribution in [0.1, 0.15) is 33.3 Å². The Labute approximate surface area is 83.2 Å². The van der Waals surface area contributed by atoms with E-state index in [4.69, 9.17) is 4.84 Å². The molecule has 1 aromatic heterocycles. The highest BCUT2D eigenvalue weighted by Crippen LogP contribution is 2.11. The molecule has 1 heterocycles. The minimum Gasteiger partial charge on any atom is -0.390 e. The number of rotatable bonds is 2. The molecule has 0 N–H and O–H groups in total. The van der Waals surface area contributed by atoms with Gasteiger partial charge in [-0.3, -0.25) is 0 Å². The number of oxime groups is 1. The largest absolute Gasteiger partial charge is 0.390 e. The Hall–Kier alpha value is -0.830. The minimum atomic E-state index is -0.211. The van der Waals surface area contributed by atoms with Crippen molar-refractivity contribution in [3.63, 3.8) is 0 Å². The van der Waals surface area contributed by atoms with Gasteiger partial charge in [0.2, 0.25) is 0 Å². The third kappa shape index (κ3) is 3.59. The summed E-state index contributed by atoms with van der Waals surface area (Å²) in [4.78, 5) is 5.31. The molecule has 0 aliphatic heterocycles. The van der Waals surface area contributed by atoms with Crippen LogP contribution < -0.4 is 0 Å². The number of hydrogen-bond donors (Lipinski definition) is 0. The van der Waals surface area contributed by atoms with Crippen molar-refractivity contribution in [3.8, 4) is 0 Å². The van der Waals surface area contributed by atoms with E-state index in [9.17, 15) is 0 Å². The zero-order chi connectivity index (χ0) is 9.90. The highest BCUT2D eigenvalue weighted by Gasteiger charge is 2.10. The summed E-state index contributed by atoms with van der Waals surface area (Å²) in [6.07, 6.45) is 0. The minimum absolute atomic E-state index is 0.211. The fourth-order valence-corrected chi connectivity index (χ4v) is 1.43. The molecule has 0 bridgehead atoms. The van der Waals surface area contributed by atoms with Crippen molar-refractivity contribution in [2.45, 2.75) is 33.3 Å². The molecule has 0 aliphatic rings. The molecule has 72 valence electrons. The van der Waals surface area contributed by atoms with Crippen molar-refractivity contribution < 1.29 is 4.84 Å². The van der Waals surface area contributed by atoms with Crippen LogP contribution in [-0.4, -0.2) is 11.3 Å². The third-order valence-electron chi connectivity index (χ3n) is 1.40. The summed E-state index contributed by atoms with van der Waals surface area (Å²) in [6, 6.07) is 2.04. The Bertz CT molecular complexity index is 282. The van der Waals surface area contributed by atoms with Gasteiger partial charge in [-0.15, -0.1) is 0 Å². The van der Waals surface area contributed by atoms with E-state index in [1.807, 2.05) is 39.1 Å². The van der Waals surface area contributed by atoms with E-state index < -0.39 is 0 Å². The van der Waals surface area contributed by atoms with E-state index in [2.05, 4.69) is 10.5 Å². The van der Waals surface area contributed by atoms with Gasteiger partial charge in [0.1, 0.15) is 5.60 Å². The summed E-state index contributed by atoms with van der Waals surface area (Å²) in [7, 11) is 0. The molecule has 0 aromatic carbocycles. The van der Waals surface area contributed by atoms with Crippen LogP contribution in [0.4, 0.5) is 0 Å². The second-order valence-electron chi connectivity index (χ2n) is 3.89. The summed E-state index contributed by atoms with van der Waals surface area (Å²) >= 11 is 1.66. The van der Waals surface area contributed by atoms with Crippen LogP contribution in [0.2, 0.25) is 0 Å². The van der Waals surface area contributed by atoms with Crippen LogP contribution >= 0.6 is 11.3 Å². The Kier molecular flexibility index (Phi) is 3.09. The quantitative estimate of drug-likeness (QED) is 0.526. The molecule has 0 amide bonds. The lowest BCUT2D eigenvalue weighted by Gasteiger charge is -2.15. The van der Waals surface area contributed by atoms with Gasteiger partial charge in [-0.2, -0.15) is 11.3 Å². The SMILES string of the molecule is C/C(=N/OC(C)(C)C)c1ccsc1. The van der Waals surface area contributed by atoms with E-state index in [0.717, 1.165) is 11.3 Å². The summed E-state index contributed by atoms with van der Waals surface area (Å²) in [6.45, 7) is 7.90. The Morgan fingerprint density at radius 1 is 1.46 bits per heavy atom. The molecule has 0 radical (unpaired) electrons. The van der Waals surface area contributed by atoms with Crippen molar-refractivity contribution in [2.75, 3.05) is 0 Å². The topological polar surface area (TPSA) is 21.6 Å². The van der Waals surface area contributed by atoms with Gasteiger partial charge in [0, 0.05) is 5.56 Å². The monoisotopic (exact) mass is 197 g/mol. The molecule has 0 atom stereocenters. The van der Waals surface area contributed by atoms with E-state index in [1.165, 1.54) is 0 Å². The Morgan fingerprint density at radius 2 is 2.15 bits per heavy atom. The first kappa shape index (κ1) is 10.3. The molecule has 0 saturated heterocycles. The van der Waals surface area contributed by atoms with Gasteiger partial charge < -0.3 is 4.84 Å². The zero-order valence-electron chi connectivity index (χ0n) is 8.50. The second kappa shape index (κ2) is 3.92. The predicted molar refractivity (Wildman–Crippen MR) is 57.4 cm³/mol. The smallest absolute Gasteiger partial charge is 0.129 e. The number of nitrogens with zero attached hydrogens (tertiary/aromatic N) is 1. The highest BCUT2D eigenvalue weighted by atomic mass is 32.1. The number of thiophene rings is 1. The van der Waals surface area contributed by atoms with Crippen LogP contribution in [0.3, 0.4) is 0 Å². The average Bonchev–Trinajstić information content (AvgIpc) is 2.50. The molecule has 0 unspecified atom stereocenters. The van der Waals surface area contributed by atoms with Crippen molar-refractivity contribution in [2.24, 2.45) is 5.16 Å². The second-order valence-corrected chi connectivity index (χ2v) is 4.67. The van der Waals surface area contributed by atoms with Gasteiger partial charge >= 0.3 is 0 Å². The first-order valence-corrected chi connectivity index (χ1v) is 5.19. The first-order chi connectivity index (χ1) is 5.99. The van der Waals surface area contributed by atoms with Crippen LogP contribution in [0.15, 0.2) is 22.0 Å². The fourth-order valence-electron chi connectivity index (χ4n) is 0.728. The molecule has 1 rings (SSSR count). The molecule has 13 heavy (non-hydrogen) atoms. The van der Waals surface area contributed by atoms with Crippen LogP contribution in [0, 0.1) is 0 Å². The lowest BCUT2D eigenvalue weighted by molar-refractivity contribution is 0.000960. The zero-order valence-corrected chi connectivity index (χ0v) is 9.31. The molecule has 0 saturated carbocycles. The van der Waals surface area contributed by atoms with Crippen molar-refractivity contribution in [1.82, 2.24) is 0 Å². The molecule has 0 spiro atoms. The summed E-state index contributed by atoms with van der Waals surface area (Å²) in [5, 5.41) is 8.15. The molecule has 0 fully saturated rings. The summed E-state index contributed by atoms with van der Waals surface area (Å²) < 4.78 is 0. The Balaban J connectivity index is 2.63. The van der Waals surface area contributed by atoms with Crippen LogP contribution in [0.5, 0.6) is 0 Å². The van der Waals surface area contributed by atoms with Crippen LogP contribution in [0.25, 0.3) is 0 Å². The van der Waals surface area contributed by atoms with Crippen molar-refractivity contribution in [1.29, 1.82) is 0 Å². The maximum Gasteiger partial charge on any atom is 0.129 e. The van der Waals surface area contributed by atoms with E-state index in [-0.39, 0.29) is 5.60 Å². The van der Waals surface area contributed by atoms with Gasteiger partial charge in [-0.1, -0.05) is 5.16 Å². The van der Waals surface area contributed by atoms with Gasteiger partial charge in [-0.25, -0.2) is 0 Å². The van der Waals surface area contributed by atoms with Crippen molar-refractivity contribution >= 4 is 17.0 Å². The average molecular weight is 197 g/mol. The lowest BCUT2D eigenvalue weighted by Crippen LogP contribution is -2.16. The molecule has 2 nitrogen and oxygen atoms in total. The molecule has 0 aliphatic carbocycles. The number of hydrogen-bond acceptors (Lipinski definition) is 3. The lowest BCUT2D eigenvalue weighted by atomic mass is 10.2. The highest BCUT2D eigenvalue weighted by molar-refractivity contribution is 7.08. The standard InChI is InChI=1S/C10H15NOS/c1-8(9-5-6-13-7-9)11-12-10(2,3)4/h5-7H,1-4H3/b11-8-. The van der Waals surface area contributed by atoms with Crippen LogP contribution in [-0.2, 0) is 4.84 Å². The Morgan fingerprint density at radius 3 is 2.62 bits per heavy atom. The van der Waals surface area contributed by atoms with Gasteiger partial charge in [-0.05, 0) is 44.5 Å². The normalized spacial score (nSPS) is 13.1. The van der Waals surface area contributed by atoms with Gasteiger partial charge in [0.15, 0.2) is 0 Å². The summed E-state index contributed by atoms with van der Waals surface area (Å²) in [5.41, 5.74) is 1.85. The van der Waals surface area contributed by atoms with E-state index in [1.54, 1.807) is 11.3 Å². The van der Waals surface area contributed by atoms with Crippen molar-refractivity contribution in [3.05, 3.63) is 22.4 Å². The van der Waals surface area contributed by atoms with Gasteiger partial charge in [0.25, 0.3) is 0 Å². The van der Waals surface area contributed by atoms with E-state index in [0.29, 0.717) is 0 Å². The molecule has 3 heteroatoms. The summed E-state index contributed by atoms with van der Waals surface area (Å²) in [5.74, 6) is 0. The molecular weight excluding hydrogens is 182 g/mol. The first-order valence-electron chi connectivity index (χ1n) is 4.24. The maximum atomic E-state index is 5.31. The van der Waals surface area contributed by atoms with Gasteiger partial charge in [0.05, 0.1) is 5.71 Å². The third-order valence-corrected chi connectivity index (χ3v) is 2.08. The molecular formula is C10H15NOS. The van der Waals surface area contributed by atoms with E-state index >= 15 is 0 Å². The maximum absolute atomic E-state index is 5.31. The predicted octanol–water partition coefficient (Wildman–Crippen LogP) is 3.29.